The topological polar surface area (TPSA) is 92.3 Å². The van der Waals surface area contributed by atoms with Gasteiger partial charge in [-0.15, -0.1) is 0 Å². The minimum atomic E-state index is -3.54. The molecule has 0 aliphatic carbocycles. The average Bonchev–Trinajstić information content (AvgIpc) is 2.77. The molecule has 2 amide bonds. The first-order chi connectivity index (χ1) is 16.4. The Balaban J connectivity index is 1.92. The number of carbonyl (C=O) groups excluding carboxylic acids is 2. The molecule has 0 bridgehead atoms. The smallest absolute Gasteiger partial charge is 0.251 e. The van der Waals surface area contributed by atoms with Crippen molar-refractivity contribution in [3.05, 3.63) is 72.3 Å². The van der Waals surface area contributed by atoms with Crippen LogP contribution in [0, 0.1) is 11.3 Å². The molecule has 0 heterocycles. The van der Waals surface area contributed by atoms with Crippen molar-refractivity contribution in [3.8, 4) is 0 Å². The van der Waals surface area contributed by atoms with Crippen molar-refractivity contribution in [1.82, 2.24) is 5.32 Å². The Morgan fingerprint density at radius 2 is 1.49 bits per heavy atom. The first kappa shape index (κ1) is 26.4. The van der Waals surface area contributed by atoms with Gasteiger partial charge in [0.15, 0.2) is 9.84 Å². The lowest BCUT2D eigenvalue weighted by atomic mass is 10.0. The van der Waals surface area contributed by atoms with Crippen LogP contribution < -0.4 is 10.6 Å². The predicted octanol–water partition coefficient (Wildman–Crippen LogP) is 5.44. The van der Waals surface area contributed by atoms with E-state index >= 15 is 0 Å². The third-order valence-corrected chi connectivity index (χ3v) is 7.74. The quantitative estimate of drug-likeness (QED) is 0.436. The van der Waals surface area contributed by atoms with E-state index < -0.39 is 21.3 Å². The van der Waals surface area contributed by atoms with Crippen LogP contribution in [0.1, 0.15) is 51.4 Å². The van der Waals surface area contributed by atoms with Crippen molar-refractivity contribution < 1.29 is 18.0 Å². The zero-order valence-electron chi connectivity index (χ0n) is 21.0. The van der Waals surface area contributed by atoms with Gasteiger partial charge in [-0.2, -0.15) is 0 Å². The molecule has 3 aromatic rings. The number of fused-ring (bicyclic) bond motifs is 1. The molecule has 3 rings (SSSR count). The van der Waals surface area contributed by atoms with E-state index in [2.05, 4.69) is 10.6 Å². The fourth-order valence-corrected chi connectivity index (χ4v) is 6.16. The zero-order valence-corrected chi connectivity index (χ0v) is 21.8. The Labute approximate surface area is 208 Å². The highest BCUT2D eigenvalue weighted by Gasteiger charge is 2.26. The first-order valence-corrected chi connectivity index (χ1v) is 13.4. The van der Waals surface area contributed by atoms with Crippen molar-refractivity contribution in [1.29, 1.82) is 0 Å². The highest BCUT2D eigenvalue weighted by molar-refractivity contribution is 7.91. The molecule has 1 atom stereocenters. The normalized spacial score (nSPS) is 13.0. The number of hydrogen-bond donors (Lipinski definition) is 2. The molecule has 186 valence electrons. The van der Waals surface area contributed by atoms with Crippen LogP contribution in [0.2, 0.25) is 0 Å². The van der Waals surface area contributed by atoms with Gasteiger partial charge < -0.3 is 10.6 Å². The summed E-state index contributed by atoms with van der Waals surface area (Å²) < 4.78 is 26.3. The maximum Gasteiger partial charge on any atom is 0.251 e. The summed E-state index contributed by atoms with van der Waals surface area (Å²) in [4.78, 5) is 26.2. The molecule has 0 unspecified atom stereocenters. The molecule has 0 fully saturated rings. The van der Waals surface area contributed by atoms with Gasteiger partial charge in [0.2, 0.25) is 5.91 Å². The second-order valence-electron chi connectivity index (χ2n) is 10.5. The van der Waals surface area contributed by atoms with Crippen LogP contribution in [0.15, 0.2) is 71.6 Å². The molecule has 2 N–H and O–H groups in total. The molecule has 7 heteroatoms. The molecular formula is C28H34N2O4S. The SMILES string of the molecule is CC(C)C[C@H](NC(=O)c1ccccc1)C(=O)Nc1cccc2c(S(=O)(=O)CC(C)(C)C)cccc12. The molecule has 0 aliphatic heterocycles. The Morgan fingerprint density at radius 3 is 2.11 bits per heavy atom. The molecule has 0 saturated heterocycles. The second-order valence-corrected chi connectivity index (χ2v) is 12.4. The first-order valence-electron chi connectivity index (χ1n) is 11.8. The number of nitrogens with one attached hydrogen (secondary N) is 2. The number of anilines is 1. The van der Waals surface area contributed by atoms with Gasteiger partial charge >= 0.3 is 0 Å². The van der Waals surface area contributed by atoms with E-state index in [9.17, 15) is 18.0 Å². The molecule has 0 spiro atoms. The third-order valence-electron chi connectivity index (χ3n) is 5.46. The van der Waals surface area contributed by atoms with E-state index in [4.69, 9.17) is 0 Å². The molecule has 0 aromatic heterocycles. The fraction of sp³-hybridized carbons (Fsp3) is 0.357. The largest absolute Gasteiger partial charge is 0.340 e. The lowest BCUT2D eigenvalue weighted by Gasteiger charge is -2.21. The summed E-state index contributed by atoms with van der Waals surface area (Å²) >= 11 is 0. The number of benzene rings is 3. The van der Waals surface area contributed by atoms with E-state index in [1.807, 2.05) is 40.7 Å². The number of carbonyl (C=O) groups is 2. The summed E-state index contributed by atoms with van der Waals surface area (Å²) in [7, 11) is -3.54. The lowest BCUT2D eigenvalue weighted by molar-refractivity contribution is -0.118. The maximum atomic E-state index is 13.3. The fourth-order valence-electron chi connectivity index (χ4n) is 4.06. The van der Waals surface area contributed by atoms with Gasteiger partial charge in [-0.25, -0.2) is 8.42 Å². The van der Waals surface area contributed by atoms with Gasteiger partial charge in [0.05, 0.1) is 10.6 Å². The van der Waals surface area contributed by atoms with E-state index in [0.29, 0.717) is 28.4 Å². The van der Waals surface area contributed by atoms with Gasteiger partial charge in [-0.05, 0) is 42.0 Å². The number of sulfone groups is 1. The van der Waals surface area contributed by atoms with E-state index in [1.54, 1.807) is 60.7 Å². The number of amides is 2. The van der Waals surface area contributed by atoms with Gasteiger partial charge in [-0.3, -0.25) is 9.59 Å². The van der Waals surface area contributed by atoms with Gasteiger partial charge in [-0.1, -0.05) is 77.1 Å². The molecule has 3 aromatic carbocycles. The van der Waals surface area contributed by atoms with E-state index in [1.165, 1.54) is 0 Å². The lowest BCUT2D eigenvalue weighted by Crippen LogP contribution is -2.44. The van der Waals surface area contributed by atoms with E-state index in [-0.39, 0.29) is 28.4 Å². The van der Waals surface area contributed by atoms with Crippen molar-refractivity contribution in [2.75, 3.05) is 11.1 Å². The summed E-state index contributed by atoms with van der Waals surface area (Å²) in [5, 5.41) is 6.96. The number of rotatable bonds is 8. The highest BCUT2D eigenvalue weighted by Crippen LogP contribution is 2.31. The summed E-state index contributed by atoms with van der Waals surface area (Å²) in [6.45, 7) is 9.64. The molecule has 0 radical (unpaired) electrons. The van der Waals surface area contributed by atoms with Gasteiger partial charge in [0.1, 0.15) is 6.04 Å². The summed E-state index contributed by atoms with van der Waals surface area (Å²) in [5.41, 5.74) is 0.587. The zero-order chi connectivity index (χ0) is 25.8. The summed E-state index contributed by atoms with van der Waals surface area (Å²) in [6, 6.07) is 18.3. The molecule has 35 heavy (non-hydrogen) atoms. The third kappa shape index (κ3) is 6.92. The number of hydrogen-bond acceptors (Lipinski definition) is 4. The Morgan fingerprint density at radius 1 is 0.857 bits per heavy atom. The molecule has 6 nitrogen and oxygen atoms in total. The van der Waals surface area contributed by atoms with Crippen LogP contribution in [0.4, 0.5) is 5.69 Å². The van der Waals surface area contributed by atoms with Crippen molar-refractivity contribution in [2.45, 2.75) is 52.0 Å². The minimum Gasteiger partial charge on any atom is -0.340 e. The minimum absolute atomic E-state index is 0.0116. The highest BCUT2D eigenvalue weighted by atomic mass is 32.2. The Bertz CT molecular complexity index is 1310. The van der Waals surface area contributed by atoms with Gasteiger partial charge in [0, 0.05) is 22.0 Å². The molecule has 0 saturated carbocycles. The van der Waals surface area contributed by atoms with Crippen LogP contribution in [0.25, 0.3) is 10.8 Å². The van der Waals surface area contributed by atoms with Crippen LogP contribution >= 0.6 is 0 Å². The summed E-state index contributed by atoms with van der Waals surface area (Å²) in [6.07, 6.45) is 0.459. The maximum absolute atomic E-state index is 13.3. The van der Waals surface area contributed by atoms with E-state index in [0.717, 1.165) is 0 Å². The Kier molecular flexibility index (Phi) is 8.00. The second kappa shape index (κ2) is 10.6. The average molecular weight is 495 g/mol. The molecular weight excluding hydrogens is 460 g/mol. The van der Waals surface area contributed by atoms with Crippen molar-refractivity contribution in [2.24, 2.45) is 11.3 Å². The molecule has 0 aliphatic rings. The van der Waals surface area contributed by atoms with Crippen molar-refractivity contribution >= 4 is 38.1 Å². The summed E-state index contributed by atoms with van der Waals surface area (Å²) in [5.74, 6) is -0.487. The van der Waals surface area contributed by atoms with Crippen LogP contribution in [-0.2, 0) is 14.6 Å². The van der Waals surface area contributed by atoms with Crippen LogP contribution in [-0.4, -0.2) is 32.0 Å². The van der Waals surface area contributed by atoms with Crippen LogP contribution in [0.5, 0.6) is 0 Å². The predicted molar refractivity (Wildman–Crippen MR) is 141 cm³/mol. The monoisotopic (exact) mass is 494 g/mol. The van der Waals surface area contributed by atoms with Crippen LogP contribution in [0.3, 0.4) is 0 Å². The van der Waals surface area contributed by atoms with Gasteiger partial charge in [0.25, 0.3) is 5.91 Å². The standard InChI is InChI=1S/C28H34N2O4S/c1-19(2)17-24(30-26(31)20-11-7-6-8-12-20)27(32)29-23-15-9-14-22-21(23)13-10-16-25(22)35(33,34)18-28(3,4)5/h6-16,19,24H,17-18H2,1-5H3,(H,29,32)(H,30,31)/t24-/m0/s1. The Hall–Kier alpha value is -3.19. The van der Waals surface area contributed by atoms with Crippen molar-refractivity contribution in [3.63, 3.8) is 0 Å².